The molecule has 2 aromatic rings. The maximum absolute atomic E-state index is 13.4. The van der Waals surface area contributed by atoms with Gasteiger partial charge in [0.15, 0.2) is 0 Å². The molecule has 5 nitrogen and oxygen atoms in total. The van der Waals surface area contributed by atoms with E-state index >= 15 is 0 Å². The molecule has 2 aliphatic rings. The maximum atomic E-state index is 13.4. The fraction of sp³-hybridized carbons (Fsp3) is 0.450. The molecule has 0 spiro atoms. The van der Waals surface area contributed by atoms with Gasteiger partial charge in [0.1, 0.15) is 15.7 Å². The quantitative estimate of drug-likeness (QED) is 0.604. The van der Waals surface area contributed by atoms with Gasteiger partial charge in [-0.15, -0.1) is 11.3 Å². The SMILES string of the molecule is [B]C1(NC(C)C2=Nc3sccc3S(=O)(=O)N2c2ccccc2)CCCCCC1. The molecule has 0 saturated heterocycles. The molecule has 146 valence electrons. The van der Waals surface area contributed by atoms with Gasteiger partial charge in [-0.25, -0.2) is 17.7 Å². The Morgan fingerprint density at radius 1 is 1.14 bits per heavy atom. The summed E-state index contributed by atoms with van der Waals surface area (Å²) in [4.78, 5) is 5.00. The lowest BCUT2D eigenvalue weighted by Crippen LogP contribution is -2.57. The van der Waals surface area contributed by atoms with Crippen molar-refractivity contribution < 1.29 is 8.42 Å². The van der Waals surface area contributed by atoms with Crippen LogP contribution in [0.15, 0.2) is 51.7 Å². The van der Waals surface area contributed by atoms with Crippen LogP contribution in [0.3, 0.4) is 0 Å². The molecule has 1 fully saturated rings. The minimum atomic E-state index is -3.72. The third kappa shape index (κ3) is 3.65. The van der Waals surface area contributed by atoms with Crippen LogP contribution < -0.4 is 9.62 Å². The predicted octanol–water partition coefficient (Wildman–Crippen LogP) is 4.18. The highest BCUT2D eigenvalue weighted by Gasteiger charge is 2.39. The van der Waals surface area contributed by atoms with Crippen LogP contribution in [0, 0.1) is 0 Å². The van der Waals surface area contributed by atoms with Crippen LogP contribution in [0.2, 0.25) is 0 Å². The molecular formula is C20H24BN3O2S2. The summed E-state index contributed by atoms with van der Waals surface area (Å²) in [6, 6.07) is 10.4. The summed E-state index contributed by atoms with van der Waals surface area (Å²) in [5.41, 5.74) is 0.0824. The molecule has 2 heterocycles. The smallest absolute Gasteiger partial charge is 0.272 e. The van der Waals surface area contributed by atoms with E-state index in [1.54, 1.807) is 23.6 Å². The highest BCUT2D eigenvalue weighted by atomic mass is 32.2. The minimum absolute atomic E-state index is 0.259. The maximum Gasteiger partial charge on any atom is 0.272 e. The van der Waals surface area contributed by atoms with E-state index in [4.69, 9.17) is 12.8 Å². The number of para-hydroxylation sites is 1. The van der Waals surface area contributed by atoms with Gasteiger partial charge in [0, 0.05) is 0 Å². The molecule has 1 aliphatic heterocycles. The third-order valence-corrected chi connectivity index (χ3v) is 8.13. The van der Waals surface area contributed by atoms with Gasteiger partial charge < -0.3 is 5.32 Å². The predicted molar refractivity (Wildman–Crippen MR) is 116 cm³/mol. The molecule has 1 aromatic heterocycles. The first-order valence-electron chi connectivity index (χ1n) is 9.74. The number of anilines is 1. The second kappa shape index (κ2) is 7.65. The Morgan fingerprint density at radius 2 is 1.82 bits per heavy atom. The highest BCUT2D eigenvalue weighted by Crippen LogP contribution is 2.39. The van der Waals surface area contributed by atoms with Crippen molar-refractivity contribution in [2.75, 3.05) is 4.31 Å². The Morgan fingerprint density at radius 3 is 2.50 bits per heavy atom. The lowest BCUT2D eigenvalue weighted by molar-refractivity contribution is 0.393. The van der Waals surface area contributed by atoms with E-state index in [9.17, 15) is 8.42 Å². The highest BCUT2D eigenvalue weighted by molar-refractivity contribution is 7.94. The van der Waals surface area contributed by atoms with E-state index in [0.29, 0.717) is 16.5 Å². The number of nitrogens with zero attached hydrogens (tertiary/aromatic N) is 2. The van der Waals surface area contributed by atoms with Crippen molar-refractivity contribution in [1.82, 2.24) is 5.32 Å². The van der Waals surface area contributed by atoms with Gasteiger partial charge in [-0.1, -0.05) is 43.9 Å². The fourth-order valence-corrected chi connectivity index (χ4v) is 6.80. The third-order valence-electron chi connectivity index (χ3n) is 5.43. The number of aliphatic imine (C=N–C) groups is 1. The Labute approximate surface area is 172 Å². The van der Waals surface area contributed by atoms with Crippen molar-refractivity contribution in [2.45, 2.75) is 61.8 Å². The summed E-state index contributed by atoms with van der Waals surface area (Å²) in [6.45, 7) is 1.95. The van der Waals surface area contributed by atoms with E-state index in [0.717, 1.165) is 25.7 Å². The van der Waals surface area contributed by atoms with Crippen molar-refractivity contribution in [3.8, 4) is 0 Å². The van der Waals surface area contributed by atoms with Crippen LogP contribution in [0.25, 0.3) is 0 Å². The van der Waals surface area contributed by atoms with Crippen LogP contribution in [0.1, 0.15) is 45.4 Å². The van der Waals surface area contributed by atoms with Gasteiger partial charge in [0.2, 0.25) is 0 Å². The molecule has 1 aliphatic carbocycles. The number of hydrogen-bond donors (Lipinski definition) is 1. The largest absolute Gasteiger partial charge is 0.310 e. The molecule has 1 unspecified atom stereocenters. The average molecular weight is 413 g/mol. The zero-order valence-electron chi connectivity index (χ0n) is 16.0. The number of fused-ring (bicyclic) bond motifs is 1. The van der Waals surface area contributed by atoms with E-state index < -0.39 is 15.5 Å². The van der Waals surface area contributed by atoms with E-state index in [1.165, 1.54) is 28.5 Å². The first kappa shape index (κ1) is 19.7. The second-order valence-electron chi connectivity index (χ2n) is 7.60. The molecule has 2 radical (unpaired) electrons. The molecule has 1 atom stereocenters. The summed E-state index contributed by atoms with van der Waals surface area (Å²) in [5.74, 6) is 0.468. The Kier molecular flexibility index (Phi) is 5.37. The molecular weight excluding hydrogens is 389 g/mol. The van der Waals surface area contributed by atoms with Crippen molar-refractivity contribution in [3.05, 3.63) is 41.8 Å². The van der Waals surface area contributed by atoms with E-state index in [1.807, 2.05) is 25.1 Å². The molecule has 1 aromatic carbocycles. The first-order valence-corrected chi connectivity index (χ1v) is 12.1. The minimum Gasteiger partial charge on any atom is -0.310 e. The van der Waals surface area contributed by atoms with Gasteiger partial charge in [0.05, 0.1) is 19.6 Å². The molecule has 0 amide bonds. The Balaban J connectivity index is 1.74. The first-order chi connectivity index (χ1) is 13.4. The zero-order valence-corrected chi connectivity index (χ0v) is 17.6. The molecule has 8 heteroatoms. The van der Waals surface area contributed by atoms with Crippen molar-refractivity contribution >= 4 is 45.7 Å². The number of sulfonamides is 1. The van der Waals surface area contributed by atoms with Gasteiger partial charge >= 0.3 is 0 Å². The standard InChI is InChI=1S/C20H24BN3O2S2/c1-15(23-20(21)12-7-2-3-8-13-20)18-22-19-17(11-14-27-19)28(25,26)24(18)16-9-5-4-6-10-16/h4-6,9-11,14-15,23H,2-3,7-8,12-13H2,1H3. The zero-order chi connectivity index (χ0) is 19.8. The number of rotatable bonds is 4. The molecule has 1 saturated carbocycles. The summed E-state index contributed by atoms with van der Waals surface area (Å²) < 4.78 is 28.2. The number of thiophene rings is 1. The lowest BCUT2D eigenvalue weighted by Gasteiger charge is -2.38. The van der Waals surface area contributed by atoms with E-state index in [-0.39, 0.29) is 10.9 Å². The number of nitrogens with one attached hydrogen (secondary N) is 1. The molecule has 4 rings (SSSR count). The second-order valence-corrected chi connectivity index (χ2v) is 10.3. The van der Waals surface area contributed by atoms with Gasteiger partial charge in [-0.3, -0.25) is 0 Å². The van der Waals surface area contributed by atoms with Crippen LogP contribution in [-0.2, 0) is 10.0 Å². The number of benzene rings is 1. The Hall–Kier alpha value is -1.64. The van der Waals surface area contributed by atoms with Crippen LogP contribution in [0.5, 0.6) is 0 Å². The Bertz CT molecular complexity index is 964. The normalized spacial score (nSPS) is 22.0. The fourth-order valence-electron chi connectivity index (χ4n) is 4.04. The van der Waals surface area contributed by atoms with Crippen molar-refractivity contribution in [2.24, 2.45) is 4.99 Å². The van der Waals surface area contributed by atoms with Crippen LogP contribution >= 0.6 is 11.3 Å². The molecule has 1 N–H and O–H groups in total. The van der Waals surface area contributed by atoms with Gasteiger partial charge in [-0.05, 0) is 48.8 Å². The molecule has 0 bridgehead atoms. The van der Waals surface area contributed by atoms with Gasteiger partial charge in [0.25, 0.3) is 10.0 Å². The molecule has 28 heavy (non-hydrogen) atoms. The van der Waals surface area contributed by atoms with Crippen LogP contribution in [-0.4, -0.2) is 33.6 Å². The lowest BCUT2D eigenvalue weighted by atomic mass is 9.71. The van der Waals surface area contributed by atoms with Crippen molar-refractivity contribution in [3.63, 3.8) is 0 Å². The summed E-state index contributed by atoms with van der Waals surface area (Å²) in [6.07, 6.45) is 6.31. The van der Waals surface area contributed by atoms with E-state index in [2.05, 4.69) is 5.32 Å². The van der Waals surface area contributed by atoms with Crippen molar-refractivity contribution in [1.29, 1.82) is 0 Å². The number of amidine groups is 1. The van der Waals surface area contributed by atoms with Gasteiger partial charge in [-0.2, -0.15) is 0 Å². The number of hydrogen-bond acceptors (Lipinski definition) is 5. The summed E-state index contributed by atoms with van der Waals surface area (Å²) >= 11 is 1.34. The summed E-state index contributed by atoms with van der Waals surface area (Å²) in [7, 11) is 2.94. The topological polar surface area (TPSA) is 61.8 Å². The monoisotopic (exact) mass is 413 g/mol. The average Bonchev–Trinajstić information content (AvgIpc) is 3.05. The summed E-state index contributed by atoms with van der Waals surface area (Å²) in [5, 5.41) is 5.81. The van der Waals surface area contributed by atoms with Crippen LogP contribution in [0.4, 0.5) is 10.7 Å².